The summed E-state index contributed by atoms with van der Waals surface area (Å²) in [5.74, 6) is 0. The first-order valence-corrected chi connectivity index (χ1v) is 2.99. The predicted molar refractivity (Wildman–Crippen MR) is 28.6 cm³/mol. The molecule has 0 aromatic heterocycles. The van der Waals surface area contributed by atoms with Crippen LogP contribution in [0.1, 0.15) is 6.42 Å². The van der Waals surface area contributed by atoms with Gasteiger partial charge in [-0.3, -0.25) is 0 Å². The molecule has 60 valence electrons. The molecule has 0 radical (unpaired) electrons. The first-order valence-electron chi connectivity index (χ1n) is 2.99. The number of hydrogen-bond acceptors (Lipinski definition) is 4. The van der Waals surface area contributed by atoms with E-state index < -0.39 is 18.5 Å². The van der Waals surface area contributed by atoms with Gasteiger partial charge in [0.05, 0.1) is 12.7 Å². The maximum absolute atomic E-state index is 11.4. The lowest BCUT2D eigenvalue weighted by Crippen LogP contribution is -2.41. The van der Waals surface area contributed by atoms with Gasteiger partial charge in [0.15, 0.2) is 0 Å². The second kappa shape index (κ2) is 3.25. The van der Waals surface area contributed by atoms with Gasteiger partial charge in [-0.1, -0.05) is 0 Å². The molecule has 1 aliphatic heterocycles. The molecule has 0 saturated carbocycles. The summed E-state index contributed by atoms with van der Waals surface area (Å²) in [5.41, 5.74) is 0. The Balaban J connectivity index is 2.36. The quantitative estimate of drug-likeness (QED) is 0.524. The fraction of sp³-hybridized carbons (Fsp3) is 1.00. The predicted octanol–water partition coefficient (Wildman–Crippen LogP) is -0.644. The van der Waals surface area contributed by atoms with Crippen LogP contribution in [0.3, 0.4) is 0 Å². The van der Waals surface area contributed by atoms with E-state index in [1.165, 1.54) is 0 Å². The summed E-state index contributed by atoms with van der Waals surface area (Å²) in [5, 5.41) is 17.7. The Hall–Kier alpha value is -0.230. The first kappa shape index (κ1) is 7.87. The van der Waals surface area contributed by atoms with Crippen molar-refractivity contribution in [2.75, 3.05) is 6.61 Å². The monoisotopic (exact) mass is 152 g/mol. The zero-order valence-electron chi connectivity index (χ0n) is 5.24. The number of rotatable bonds is 1. The Morgan fingerprint density at radius 2 is 2.20 bits per heavy atom. The molecule has 3 atom stereocenters. The van der Waals surface area contributed by atoms with E-state index in [4.69, 9.17) is 10.2 Å². The third kappa shape index (κ3) is 1.63. The summed E-state index contributed by atoms with van der Waals surface area (Å²) in [6, 6.07) is 0. The van der Waals surface area contributed by atoms with Gasteiger partial charge in [0.2, 0.25) is 6.29 Å². The topological polar surface area (TPSA) is 58.9 Å². The van der Waals surface area contributed by atoms with E-state index in [2.05, 4.69) is 9.68 Å². The van der Waals surface area contributed by atoms with Crippen LogP contribution in [-0.2, 0) is 9.68 Å². The highest BCUT2D eigenvalue weighted by molar-refractivity contribution is 4.71. The molecule has 0 bridgehead atoms. The molecule has 0 aromatic carbocycles. The van der Waals surface area contributed by atoms with Crippen LogP contribution in [0.2, 0.25) is 0 Å². The minimum Gasteiger partial charge on any atom is -0.391 e. The SMILES string of the molecule is OC1COC(OF)C(O)C1. The lowest BCUT2D eigenvalue weighted by Gasteiger charge is -2.27. The molecule has 1 fully saturated rings. The van der Waals surface area contributed by atoms with Crippen molar-refractivity contribution < 1.29 is 24.4 Å². The minimum atomic E-state index is -1.23. The maximum Gasteiger partial charge on any atom is 0.223 e. The summed E-state index contributed by atoms with van der Waals surface area (Å²) in [7, 11) is 0. The van der Waals surface area contributed by atoms with Crippen molar-refractivity contribution in [3.8, 4) is 0 Å². The van der Waals surface area contributed by atoms with E-state index in [1.807, 2.05) is 0 Å². The van der Waals surface area contributed by atoms with Gasteiger partial charge < -0.3 is 14.9 Å². The van der Waals surface area contributed by atoms with Crippen LogP contribution in [0.5, 0.6) is 0 Å². The van der Waals surface area contributed by atoms with Crippen LogP contribution < -0.4 is 0 Å². The van der Waals surface area contributed by atoms with Gasteiger partial charge in [-0.05, 0) is 4.53 Å². The summed E-state index contributed by atoms with van der Waals surface area (Å²) in [4.78, 5) is 3.27. The molecule has 10 heavy (non-hydrogen) atoms. The number of aliphatic hydroxyl groups excluding tert-OH is 2. The second-order valence-corrected chi connectivity index (χ2v) is 2.25. The highest BCUT2D eigenvalue weighted by Gasteiger charge is 2.30. The molecule has 1 rings (SSSR count). The molecule has 0 spiro atoms. The molecule has 0 aromatic rings. The molecule has 1 saturated heterocycles. The molecule has 1 aliphatic rings. The van der Waals surface area contributed by atoms with E-state index >= 15 is 0 Å². The molecular formula is C5H9FO4. The molecule has 0 aliphatic carbocycles. The zero-order valence-corrected chi connectivity index (χ0v) is 5.24. The van der Waals surface area contributed by atoms with Crippen LogP contribution in [0.4, 0.5) is 4.53 Å². The number of halogens is 1. The molecule has 3 unspecified atom stereocenters. The van der Waals surface area contributed by atoms with Crippen LogP contribution in [-0.4, -0.2) is 35.3 Å². The van der Waals surface area contributed by atoms with Crippen LogP contribution in [0, 0.1) is 0 Å². The van der Waals surface area contributed by atoms with Crippen LogP contribution >= 0.6 is 0 Å². The van der Waals surface area contributed by atoms with Gasteiger partial charge in [0.25, 0.3) is 0 Å². The van der Waals surface area contributed by atoms with Crippen molar-refractivity contribution in [1.29, 1.82) is 0 Å². The number of ether oxygens (including phenoxy) is 1. The zero-order chi connectivity index (χ0) is 7.56. The Bertz CT molecular complexity index is 110. The summed E-state index contributed by atoms with van der Waals surface area (Å²) < 4.78 is 15.9. The Morgan fingerprint density at radius 1 is 1.50 bits per heavy atom. The lowest BCUT2D eigenvalue weighted by molar-refractivity contribution is -0.324. The Kier molecular flexibility index (Phi) is 2.56. The molecule has 1 heterocycles. The smallest absolute Gasteiger partial charge is 0.223 e. The van der Waals surface area contributed by atoms with Gasteiger partial charge >= 0.3 is 0 Å². The molecule has 5 heteroatoms. The van der Waals surface area contributed by atoms with E-state index in [1.54, 1.807) is 0 Å². The number of hydrogen-bond donors (Lipinski definition) is 2. The largest absolute Gasteiger partial charge is 0.391 e. The van der Waals surface area contributed by atoms with Crippen molar-refractivity contribution in [1.82, 2.24) is 0 Å². The first-order chi connectivity index (χ1) is 4.74. The van der Waals surface area contributed by atoms with Gasteiger partial charge in [0, 0.05) is 6.42 Å². The molecule has 0 amide bonds. The highest BCUT2D eigenvalue weighted by atomic mass is 19.3. The third-order valence-electron chi connectivity index (χ3n) is 1.37. The van der Waals surface area contributed by atoms with E-state index in [0.29, 0.717) is 0 Å². The molecular weight excluding hydrogens is 143 g/mol. The van der Waals surface area contributed by atoms with Gasteiger partial charge in [-0.15, -0.1) is 0 Å². The van der Waals surface area contributed by atoms with Gasteiger partial charge in [-0.25, -0.2) is 0 Å². The van der Waals surface area contributed by atoms with Crippen molar-refractivity contribution in [2.24, 2.45) is 0 Å². The number of aliphatic hydroxyl groups is 2. The summed E-state index contributed by atoms with van der Waals surface area (Å²) >= 11 is 0. The Morgan fingerprint density at radius 3 is 2.70 bits per heavy atom. The van der Waals surface area contributed by atoms with Gasteiger partial charge in [0.1, 0.15) is 6.10 Å². The molecule has 4 nitrogen and oxygen atoms in total. The normalized spacial score (nSPS) is 41.7. The summed E-state index contributed by atoms with van der Waals surface area (Å²) in [6.45, 7) is 0.00560. The van der Waals surface area contributed by atoms with Crippen LogP contribution in [0.15, 0.2) is 0 Å². The van der Waals surface area contributed by atoms with E-state index in [-0.39, 0.29) is 13.0 Å². The fourth-order valence-electron chi connectivity index (χ4n) is 0.860. The minimum absolute atomic E-state index is 0.00560. The van der Waals surface area contributed by atoms with E-state index in [0.717, 1.165) is 0 Å². The van der Waals surface area contributed by atoms with Crippen molar-refractivity contribution >= 4 is 0 Å². The van der Waals surface area contributed by atoms with E-state index in [9.17, 15) is 4.53 Å². The summed E-state index contributed by atoms with van der Waals surface area (Å²) in [6.07, 6.45) is -2.94. The Labute approximate surface area is 57.1 Å². The molecule has 2 N–H and O–H groups in total. The van der Waals surface area contributed by atoms with Crippen molar-refractivity contribution in [3.05, 3.63) is 0 Å². The van der Waals surface area contributed by atoms with Crippen molar-refractivity contribution in [2.45, 2.75) is 24.9 Å². The van der Waals surface area contributed by atoms with Gasteiger partial charge in [-0.2, -0.15) is 4.94 Å². The van der Waals surface area contributed by atoms with Crippen LogP contribution in [0.25, 0.3) is 0 Å². The maximum atomic E-state index is 11.4. The fourth-order valence-corrected chi connectivity index (χ4v) is 0.860. The highest BCUT2D eigenvalue weighted by Crippen LogP contribution is 2.15. The standard InChI is InChI=1S/C5H9FO4/c6-10-5-4(8)1-3(7)2-9-5/h3-5,7-8H,1-2H2. The second-order valence-electron chi connectivity index (χ2n) is 2.25. The average molecular weight is 152 g/mol. The average Bonchev–Trinajstić information content (AvgIpc) is 1.88. The van der Waals surface area contributed by atoms with Crippen molar-refractivity contribution in [3.63, 3.8) is 0 Å². The third-order valence-corrected chi connectivity index (χ3v) is 1.37. The lowest BCUT2D eigenvalue weighted by atomic mass is 10.1.